The Labute approximate surface area is 130 Å². The van der Waals surface area contributed by atoms with Crippen molar-refractivity contribution in [2.45, 2.75) is 81.9 Å². The van der Waals surface area contributed by atoms with Crippen LogP contribution < -0.4 is 11.3 Å². The Balaban J connectivity index is 2.01. The molecule has 0 heterocycles. The van der Waals surface area contributed by atoms with E-state index in [9.17, 15) is 8.42 Å². The van der Waals surface area contributed by atoms with E-state index in [0.29, 0.717) is 17.9 Å². The highest BCUT2D eigenvalue weighted by atomic mass is 32.2. The number of nitrogens with two attached hydrogens (primary N) is 1. The SMILES string of the molecule is CS(=O)(=O)C1CCCC(C(NN)C2CCCCCCC2)C1. The first-order valence-corrected chi connectivity index (χ1v) is 10.6. The van der Waals surface area contributed by atoms with Gasteiger partial charge in [0.05, 0.1) is 5.25 Å². The van der Waals surface area contributed by atoms with Crippen LogP contribution in [0.2, 0.25) is 0 Å². The van der Waals surface area contributed by atoms with Gasteiger partial charge in [0.15, 0.2) is 0 Å². The Kier molecular flexibility index (Phi) is 6.51. The largest absolute Gasteiger partial charge is 0.271 e. The van der Waals surface area contributed by atoms with Crippen LogP contribution in [-0.4, -0.2) is 26.0 Å². The van der Waals surface area contributed by atoms with Crippen LogP contribution in [0.15, 0.2) is 0 Å². The molecule has 2 aliphatic rings. The third kappa shape index (κ3) is 4.93. The Morgan fingerprint density at radius 1 is 0.905 bits per heavy atom. The first kappa shape index (κ1) is 17.2. The van der Waals surface area contributed by atoms with Crippen LogP contribution in [0.1, 0.15) is 70.6 Å². The summed E-state index contributed by atoms with van der Waals surface area (Å²) in [5.41, 5.74) is 3.07. The van der Waals surface area contributed by atoms with Gasteiger partial charge in [-0.05, 0) is 43.9 Å². The molecule has 0 radical (unpaired) electrons. The van der Waals surface area contributed by atoms with Crippen molar-refractivity contribution in [1.29, 1.82) is 0 Å². The van der Waals surface area contributed by atoms with Crippen molar-refractivity contribution in [1.82, 2.24) is 5.43 Å². The highest BCUT2D eigenvalue weighted by Gasteiger charge is 2.35. The van der Waals surface area contributed by atoms with Crippen LogP contribution in [0.3, 0.4) is 0 Å². The summed E-state index contributed by atoms with van der Waals surface area (Å²) in [5, 5.41) is -0.152. The molecule has 0 bridgehead atoms. The zero-order valence-electron chi connectivity index (χ0n) is 13.4. The van der Waals surface area contributed by atoms with Gasteiger partial charge in [0.1, 0.15) is 9.84 Å². The van der Waals surface area contributed by atoms with Gasteiger partial charge in [-0.1, -0.05) is 38.5 Å². The summed E-state index contributed by atoms with van der Waals surface area (Å²) in [6.45, 7) is 0. The van der Waals surface area contributed by atoms with Gasteiger partial charge in [-0.25, -0.2) is 8.42 Å². The van der Waals surface area contributed by atoms with Crippen molar-refractivity contribution in [2.75, 3.05) is 6.26 Å². The fourth-order valence-electron chi connectivity index (χ4n) is 4.40. The zero-order chi connectivity index (χ0) is 15.3. The standard InChI is InChI=1S/C16H32N2O2S/c1-21(19,20)15-11-7-10-14(12-15)16(18-17)13-8-5-3-2-4-6-9-13/h13-16,18H,2-12,17H2,1H3. The van der Waals surface area contributed by atoms with Crippen molar-refractivity contribution in [2.24, 2.45) is 17.7 Å². The van der Waals surface area contributed by atoms with E-state index < -0.39 is 9.84 Å². The molecule has 4 nitrogen and oxygen atoms in total. The maximum absolute atomic E-state index is 11.9. The van der Waals surface area contributed by atoms with E-state index in [0.717, 1.165) is 25.7 Å². The number of sulfone groups is 1. The lowest BCUT2D eigenvalue weighted by Crippen LogP contribution is -2.48. The third-order valence-corrected chi connectivity index (χ3v) is 7.27. The first-order valence-electron chi connectivity index (χ1n) is 8.67. The predicted octanol–water partition coefficient (Wildman–Crippen LogP) is 2.78. The summed E-state index contributed by atoms with van der Waals surface area (Å²) in [6, 6.07) is 0.299. The topological polar surface area (TPSA) is 72.2 Å². The molecule has 2 fully saturated rings. The summed E-state index contributed by atoms with van der Waals surface area (Å²) in [4.78, 5) is 0. The smallest absolute Gasteiger partial charge is 0.150 e. The first-order chi connectivity index (χ1) is 10.0. The third-order valence-electron chi connectivity index (χ3n) is 5.63. The molecule has 0 aromatic rings. The van der Waals surface area contributed by atoms with Crippen molar-refractivity contribution in [3.8, 4) is 0 Å². The molecule has 0 aromatic carbocycles. The van der Waals surface area contributed by atoms with Crippen LogP contribution in [0, 0.1) is 11.8 Å². The Morgan fingerprint density at radius 3 is 2.05 bits per heavy atom. The molecule has 3 unspecified atom stereocenters. The Hall–Kier alpha value is -0.130. The molecule has 2 aliphatic carbocycles. The molecule has 3 N–H and O–H groups in total. The summed E-state index contributed by atoms with van der Waals surface area (Å²) in [6.07, 6.45) is 14.3. The van der Waals surface area contributed by atoms with Crippen molar-refractivity contribution in [3.63, 3.8) is 0 Å². The summed E-state index contributed by atoms with van der Waals surface area (Å²) >= 11 is 0. The molecule has 5 heteroatoms. The molecular weight excluding hydrogens is 284 g/mol. The lowest BCUT2D eigenvalue weighted by Gasteiger charge is -2.38. The van der Waals surface area contributed by atoms with Gasteiger partial charge >= 0.3 is 0 Å². The second-order valence-corrected chi connectivity index (χ2v) is 9.50. The van der Waals surface area contributed by atoms with Crippen molar-refractivity contribution < 1.29 is 8.42 Å². The van der Waals surface area contributed by atoms with E-state index in [1.54, 1.807) is 0 Å². The highest BCUT2D eigenvalue weighted by molar-refractivity contribution is 7.91. The number of nitrogens with one attached hydrogen (secondary N) is 1. The minimum Gasteiger partial charge on any atom is -0.271 e. The minimum atomic E-state index is -2.91. The van der Waals surface area contributed by atoms with E-state index in [2.05, 4.69) is 5.43 Å². The van der Waals surface area contributed by atoms with Gasteiger partial charge in [0, 0.05) is 12.3 Å². The van der Waals surface area contributed by atoms with Crippen LogP contribution in [-0.2, 0) is 9.84 Å². The zero-order valence-corrected chi connectivity index (χ0v) is 14.2. The van der Waals surface area contributed by atoms with E-state index in [1.807, 2.05) is 0 Å². The maximum Gasteiger partial charge on any atom is 0.150 e. The summed E-state index contributed by atoms with van der Waals surface area (Å²) in [5.74, 6) is 6.93. The summed E-state index contributed by atoms with van der Waals surface area (Å²) < 4.78 is 23.7. The number of hydrazine groups is 1. The quantitative estimate of drug-likeness (QED) is 0.618. The van der Waals surface area contributed by atoms with Crippen LogP contribution in [0.4, 0.5) is 0 Å². The summed E-state index contributed by atoms with van der Waals surface area (Å²) in [7, 11) is -2.91. The Bertz CT molecular complexity index is 403. The molecule has 3 atom stereocenters. The molecule has 0 aliphatic heterocycles. The van der Waals surface area contributed by atoms with Crippen molar-refractivity contribution >= 4 is 9.84 Å². The molecular formula is C16H32N2O2S. The average molecular weight is 317 g/mol. The number of hydrogen-bond donors (Lipinski definition) is 2. The van der Waals surface area contributed by atoms with Gasteiger partial charge in [0.25, 0.3) is 0 Å². The molecule has 0 saturated heterocycles. The normalized spacial score (nSPS) is 31.3. The molecule has 0 spiro atoms. The average Bonchev–Trinajstić information content (AvgIpc) is 2.41. The fourth-order valence-corrected chi connectivity index (χ4v) is 5.59. The lowest BCUT2D eigenvalue weighted by atomic mass is 9.75. The van der Waals surface area contributed by atoms with Crippen LogP contribution in [0.5, 0.6) is 0 Å². The van der Waals surface area contributed by atoms with Gasteiger partial charge in [0.2, 0.25) is 0 Å². The lowest BCUT2D eigenvalue weighted by molar-refractivity contribution is 0.182. The van der Waals surface area contributed by atoms with Crippen molar-refractivity contribution in [3.05, 3.63) is 0 Å². The van der Waals surface area contributed by atoms with Gasteiger partial charge < -0.3 is 0 Å². The van der Waals surface area contributed by atoms with Crippen LogP contribution >= 0.6 is 0 Å². The Morgan fingerprint density at radius 2 is 1.48 bits per heavy atom. The predicted molar refractivity (Wildman–Crippen MR) is 87.5 cm³/mol. The van der Waals surface area contributed by atoms with E-state index in [4.69, 9.17) is 5.84 Å². The van der Waals surface area contributed by atoms with Gasteiger partial charge in [-0.3, -0.25) is 11.3 Å². The van der Waals surface area contributed by atoms with Crippen LogP contribution in [0.25, 0.3) is 0 Å². The second kappa shape index (κ2) is 7.93. The molecule has 2 saturated carbocycles. The minimum absolute atomic E-state index is 0.152. The second-order valence-electron chi connectivity index (χ2n) is 7.18. The molecule has 0 aromatic heterocycles. The van der Waals surface area contributed by atoms with E-state index in [-0.39, 0.29) is 5.25 Å². The monoisotopic (exact) mass is 316 g/mol. The maximum atomic E-state index is 11.9. The molecule has 124 valence electrons. The molecule has 2 rings (SSSR count). The van der Waals surface area contributed by atoms with E-state index in [1.165, 1.54) is 51.2 Å². The number of rotatable bonds is 4. The van der Waals surface area contributed by atoms with E-state index >= 15 is 0 Å². The van der Waals surface area contributed by atoms with Gasteiger partial charge in [-0.2, -0.15) is 0 Å². The molecule has 21 heavy (non-hydrogen) atoms. The molecule has 0 amide bonds. The number of hydrogen-bond acceptors (Lipinski definition) is 4. The fraction of sp³-hybridized carbons (Fsp3) is 1.00. The van der Waals surface area contributed by atoms with Gasteiger partial charge in [-0.15, -0.1) is 0 Å². The highest BCUT2D eigenvalue weighted by Crippen LogP contribution is 2.36.